The van der Waals surface area contributed by atoms with Gasteiger partial charge in [-0.2, -0.15) is 5.10 Å². The summed E-state index contributed by atoms with van der Waals surface area (Å²) < 4.78 is 25.1. The first kappa shape index (κ1) is 113. The predicted octanol–water partition coefficient (Wildman–Crippen LogP) is 10.2. The van der Waals surface area contributed by atoms with E-state index in [1.165, 1.54) is 37.1 Å². The number of nitrogens with two attached hydrogens (primary N) is 6. The number of pyridine rings is 6. The smallest absolute Gasteiger partial charge is 0.257 e. The molecule has 13 aromatic heterocycles. The van der Waals surface area contributed by atoms with E-state index in [0.717, 1.165) is 223 Å². The van der Waals surface area contributed by atoms with Gasteiger partial charge in [-0.25, -0.2) is 36.2 Å². The van der Waals surface area contributed by atoms with Gasteiger partial charge in [-0.15, -0.1) is 25.5 Å². The summed E-state index contributed by atoms with van der Waals surface area (Å²) >= 11 is 0. The molecule has 16 rings (SSSR count). The average molecular weight is 1870 g/mol. The van der Waals surface area contributed by atoms with Crippen LogP contribution in [0.25, 0.3) is 33.1 Å². The molecule has 3 aliphatic rings. The number of nitrogens with one attached hydrogen (secondary N) is 3. The summed E-state index contributed by atoms with van der Waals surface area (Å²) in [5.41, 5.74) is 57.5. The number of aromatic nitrogens is 14. The van der Waals surface area contributed by atoms with Crippen LogP contribution in [-0.2, 0) is 32.9 Å². The Labute approximate surface area is 809 Å². The lowest BCUT2D eigenvalue weighted by Crippen LogP contribution is -3.12. The van der Waals surface area contributed by atoms with Gasteiger partial charge in [0.15, 0.2) is 23.3 Å². The van der Waals surface area contributed by atoms with Gasteiger partial charge in [-0.3, -0.25) is 0 Å². The molecule has 35 heteroatoms. The van der Waals surface area contributed by atoms with Crippen molar-refractivity contribution in [3.05, 3.63) is 184 Å². The molecule has 15 N–H and O–H groups in total. The fourth-order valence-electron chi connectivity index (χ4n) is 17.0. The third-order valence-corrected chi connectivity index (χ3v) is 25.3. The standard InChI is InChI=1S/C20H33N4.C16H27N6.C15H21N6O.C15H27N6.C14H22N6.C14H25N6.6CH3/c1-14(2)24(5,15(3)4)13-7-9-17-20(21)19-12-11-16-8-6-10-18(16)23(19)22-17;1-19(2)13-7-6-9-21-15(13)14(17)16(18-21)20-10-8-12(11-20)22(3,4)5;1-18(2)12-5-4-6-21-14(12)13(16)15(17-21)22-10-9-20-8-7-19(3)11-20;1-19(2)12-8-6-10-20-14(12)13(16)15(18-20)17-9-7-11-21(3,4)5;1-17(2)11-5-4-6-20-13(11)12(15)14(16-20)19-9-7-18(3)8-10-19;1-18(2)11-7-6-9-19-13(11)12(15)14(17-19)16-8-10-20(3,4)5;;;;;;/h11-12,14-15H,6-10,13,21H2,1-5H3;6-7,9,12H,8,10-11,17H2,1-5H3;4-8,11H,9-10,16H2,1-3H3;6,8,10H,7,9,11,16H2,1-5H3,(H,17,18);4-6H,7-10,15H2,1-3H3;6-7,9H,8,10,15H2,1-5H3,(H,16,17);6*1H3/q4*+1;;+1;6*-1/p+1. The Kier molecular flexibility index (Phi) is 40.3. The summed E-state index contributed by atoms with van der Waals surface area (Å²) in [6, 6.07) is 26.5. The quantitative estimate of drug-likeness (QED) is 0.01000. The molecule has 15 heterocycles. The first-order valence-electron chi connectivity index (χ1n) is 45.5. The lowest BCUT2D eigenvalue weighted by Gasteiger charge is -2.42. The van der Waals surface area contributed by atoms with Crippen LogP contribution in [-0.4, -0.2) is 325 Å². The van der Waals surface area contributed by atoms with E-state index in [9.17, 15) is 0 Å². The van der Waals surface area contributed by atoms with Crippen molar-refractivity contribution in [3.63, 3.8) is 0 Å². The van der Waals surface area contributed by atoms with E-state index in [1.807, 2.05) is 213 Å². The van der Waals surface area contributed by atoms with E-state index in [-0.39, 0.29) is 44.6 Å². The highest BCUT2D eigenvalue weighted by atomic mass is 16.5. The highest BCUT2D eigenvalue weighted by Gasteiger charge is 2.36. The van der Waals surface area contributed by atoms with Crippen LogP contribution >= 0.6 is 0 Å². The maximum Gasteiger partial charge on any atom is 0.257 e. The summed E-state index contributed by atoms with van der Waals surface area (Å²) in [5.74, 6) is 3.85. The minimum atomic E-state index is 0. The number of ether oxygens (including phenoxy) is 1. The molecule has 0 radical (unpaired) electrons. The molecule has 135 heavy (non-hydrogen) atoms. The largest absolute Gasteiger partial charge is 0.471 e. The Morgan fingerprint density at radius 2 is 0.911 bits per heavy atom. The number of likely N-dealkylation sites (N-methyl/N-ethyl adjacent to an activating group) is 3. The maximum absolute atomic E-state index is 6.46. The second-order valence-electron chi connectivity index (χ2n) is 39.7. The number of anilines is 15. The lowest BCUT2D eigenvalue weighted by molar-refractivity contribution is -0.949. The van der Waals surface area contributed by atoms with Crippen LogP contribution in [0.15, 0.2) is 123 Å². The minimum absolute atomic E-state index is 0. The van der Waals surface area contributed by atoms with Crippen molar-refractivity contribution in [2.45, 2.75) is 97.3 Å². The zero-order chi connectivity index (χ0) is 94.1. The second kappa shape index (κ2) is 47.9. The van der Waals surface area contributed by atoms with Crippen LogP contribution in [0.4, 0.5) is 85.8 Å². The van der Waals surface area contributed by atoms with Crippen LogP contribution in [0.1, 0.15) is 70.3 Å². The van der Waals surface area contributed by atoms with Crippen LogP contribution in [0.5, 0.6) is 5.88 Å². The number of piperazine rings is 1. The van der Waals surface area contributed by atoms with E-state index in [0.29, 0.717) is 47.7 Å². The predicted molar refractivity (Wildman–Crippen MR) is 575 cm³/mol. The van der Waals surface area contributed by atoms with Crippen molar-refractivity contribution in [2.24, 2.45) is 7.05 Å². The zero-order valence-electron chi connectivity index (χ0n) is 88.5. The first-order chi connectivity index (χ1) is 60.8. The van der Waals surface area contributed by atoms with Crippen molar-refractivity contribution < 1.29 is 32.1 Å². The molecule has 35 nitrogen and oxygen atoms in total. The molecule has 0 spiro atoms. The van der Waals surface area contributed by atoms with Crippen molar-refractivity contribution in [1.29, 1.82) is 0 Å². The second-order valence-corrected chi connectivity index (χ2v) is 39.7. The summed E-state index contributed by atoms with van der Waals surface area (Å²) in [4.78, 5) is 16.5. The summed E-state index contributed by atoms with van der Waals surface area (Å²) in [5, 5.41) is 34.5. The van der Waals surface area contributed by atoms with E-state index in [2.05, 4.69) is 189 Å². The minimum Gasteiger partial charge on any atom is -0.471 e. The Hall–Kier alpha value is -12.1. The Morgan fingerprint density at radius 1 is 0.481 bits per heavy atom. The van der Waals surface area contributed by atoms with Gasteiger partial charge in [-0.1, -0.05) is 6.07 Å². The third-order valence-electron chi connectivity index (χ3n) is 25.3. The summed E-state index contributed by atoms with van der Waals surface area (Å²) in [7, 11) is 46.6. The number of rotatable bonds is 27. The monoisotopic (exact) mass is 1870 g/mol. The van der Waals surface area contributed by atoms with E-state index in [4.69, 9.17) is 49.3 Å². The molecule has 2 fully saturated rings. The number of imidazole rings is 1. The molecule has 13 aromatic rings. The number of fused-ring (bicyclic) bond motifs is 8. The molecular weight excluding hydrogens is 1690 g/mol. The molecule has 0 saturated carbocycles. The van der Waals surface area contributed by atoms with Crippen LogP contribution in [0, 0.1) is 44.6 Å². The fraction of sp³-hybridized carbons (Fsp3) is 0.490. The number of nitrogens with zero attached hydrogens (tertiary/aromatic N) is 25. The van der Waals surface area contributed by atoms with Gasteiger partial charge in [0.25, 0.3) is 5.88 Å². The number of hydrogen-bond acceptors (Lipinski definition) is 22. The topological polar surface area (TPSA) is 329 Å². The number of quaternary nitrogens is 5. The highest BCUT2D eigenvalue weighted by molar-refractivity contribution is 5.94. The molecule has 2 aliphatic heterocycles. The van der Waals surface area contributed by atoms with Crippen LogP contribution in [0.3, 0.4) is 0 Å². The normalized spacial score (nSPS) is 13.7. The van der Waals surface area contributed by atoms with E-state index >= 15 is 0 Å². The Bertz CT molecular complexity index is 5830. The molecule has 2 saturated heterocycles. The van der Waals surface area contributed by atoms with Gasteiger partial charge in [0, 0.05) is 140 Å². The molecule has 0 bridgehead atoms. The van der Waals surface area contributed by atoms with Gasteiger partial charge in [0.05, 0.1) is 201 Å². The van der Waals surface area contributed by atoms with Gasteiger partial charge in [0.2, 0.25) is 6.33 Å². The van der Waals surface area contributed by atoms with Crippen molar-refractivity contribution in [2.75, 3.05) is 306 Å². The summed E-state index contributed by atoms with van der Waals surface area (Å²) in [6.45, 7) is 21.9. The van der Waals surface area contributed by atoms with Crippen molar-refractivity contribution in [3.8, 4) is 5.88 Å². The summed E-state index contributed by atoms with van der Waals surface area (Å²) in [6.07, 6.45) is 23.5. The molecular formula is C100H174N34O. The van der Waals surface area contributed by atoms with Crippen molar-refractivity contribution in [1.82, 2.24) is 62.3 Å². The van der Waals surface area contributed by atoms with E-state index in [1.54, 1.807) is 9.42 Å². The van der Waals surface area contributed by atoms with E-state index < -0.39 is 0 Å². The third kappa shape index (κ3) is 27.0. The molecule has 1 aliphatic carbocycles. The molecule has 1 unspecified atom stereocenters. The SMILES string of the molecule is CC(C)[N+](C)(CCCc1nn2c3c(ccc2c1N)CCC3)C(C)C.CN(C)c1cccn2nc(N3CCC([N+](C)(C)C)C3)c(N)c12.CN(C)c1cccn2nc(N3CC[NH+](C)CC3)c(N)c12.CN(C)c1cccn2nc(NCCC[N+](C)(C)C)c(N)c12.CN(C)c1cccn2nc(NCC[N+](C)(C)C)c(N)c12.CN(C)c1cccn2nc(OCCn3cc[n+](C)c3)c(N)c12.[CH3-].[CH3-].[CH3-].[CH3-].[CH3-].[CH3-]. The molecule has 750 valence electrons. The van der Waals surface area contributed by atoms with Gasteiger partial charge in [0.1, 0.15) is 87.6 Å². The average Bonchev–Trinajstić information content (AvgIpc) is 1.63. The van der Waals surface area contributed by atoms with Gasteiger partial charge in [-0.05, 0) is 126 Å². The van der Waals surface area contributed by atoms with Gasteiger partial charge < -0.3 is 151 Å². The molecule has 0 aromatic carbocycles. The number of aryl methyl sites for hydroxylation is 4. The Morgan fingerprint density at radius 3 is 1.33 bits per heavy atom. The molecule has 0 amide bonds. The first-order valence-corrected chi connectivity index (χ1v) is 45.5. The molecule has 1 atom stereocenters. The lowest BCUT2D eigenvalue weighted by atomic mass is 10.1. The highest BCUT2D eigenvalue weighted by Crippen LogP contribution is 2.39. The number of hydrogen-bond donors (Lipinski definition) is 9. The van der Waals surface area contributed by atoms with Crippen LogP contribution < -0.4 is 93.5 Å². The Balaban J connectivity index is 0.000000284. The van der Waals surface area contributed by atoms with Crippen LogP contribution in [0.2, 0.25) is 0 Å². The zero-order valence-corrected chi connectivity index (χ0v) is 88.5. The van der Waals surface area contributed by atoms with Crippen molar-refractivity contribution >= 4 is 119 Å². The van der Waals surface area contributed by atoms with Gasteiger partial charge >= 0.3 is 0 Å². The fourth-order valence-corrected chi connectivity index (χ4v) is 17.0. The number of nitrogen functional groups attached to an aromatic ring is 6. The maximum atomic E-state index is 6.46.